The van der Waals surface area contributed by atoms with Crippen LogP contribution >= 0.6 is 0 Å². The maximum atomic E-state index is 12.2. The van der Waals surface area contributed by atoms with Gasteiger partial charge in [-0.15, -0.1) is 0 Å². The smallest absolute Gasteiger partial charge is 0.256 e. The Bertz CT molecular complexity index is 750. The molecule has 0 atom stereocenters. The molecular weight excluding hydrogens is 266 g/mol. The monoisotopic (exact) mass is 279 g/mol. The molecule has 0 radical (unpaired) electrons. The maximum Gasteiger partial charge on any atom is 0.256 e. The SMILES string of the molecule is Cc1cccnc1NC(=O)c1ccc(-n2cncn2)cc1. The number of anilines is 1. The minimum Gasteiger partial charge on any atom is -0.306 e. The van der Waals surface area contributed by atoms with Crippen molar-refractivity contribution in [3.8, 4) is 5.69 Å². The first-order valence-electron chi connectivity index (χ1n) is 6.42. The molecule has 1 aromatic carbocycles. The van der Waals surface area contributed by atoms with Crippen molar-refractivity contribution in [1.29, 1.82) is 0 Å². The van der Waals surface area contributed by atoms with Gasteiger partial charge in [-0.25, -0.2) is 14.6 Å². The molecule has 1 N–H and O–H groups in total. The Morgan fingerprint density at radius 1 is 1.19 bits per heavy atom. The summed E-state index contributed by atoms with van der Waals surface area (Å²) in [6.45, 7) is 1.90. The van der Waals surface area contributed by atoms with Crippen molar-refractivity contribution in [3.05, 3.63) is 66.4 Å². The normalized spacial score (nSPS) is 10.3. The standard InChI is InChI=1S/C15H13N5O/c1-11-3-2-8-17-14(11)19-15(21)12-4-6-13(7-5-12)20-10-16-9-18-20/h2-10H,1H3,(H,17,19,21). The van der Waals surface area contributed by atoms with Crippen molar-refractivity contribution in [1.82, 2.24) is 19.7 Å². The van der Waals surface area contributed by atoms with Crippen LogP contribution in [-0.2, 0) is 0 Å². The van der Waals surface area contributed by atoms with Gasteiger partial charge in [0.05, 0.1) is 5.69 Å². The summed E-state index contributed by atoms with van der Waals surface area (Å²) >= 11 is 0. The molecule has 0 aliphatic carbocycles. The van der Waals surface area contributed by atoms with Crippen molar-refractivity contribution in [2.75, 3.05) is 5.32 Å². The van der Waals surface area contributed by atoms with Crippen LogP contribution in [0.5, 0.6) is 0 Å². The minimum atomic E-state index is -0.193. The lowest BCUT2D eigenvalue weighted by Gasteiger charge is -2.07. The van der Waals surface area contributed by atoms with Crippen LogP contribution in [0.4, 0.5) is 5.82 Å². The van der Waals surface area contributed by atoms with Crippen LogP contribution in [0.15, 0.2) is 55.2 Å². The van der Waals surface area contributed by atoms with Crippen LogP contribution in [0, 0.1) is 6.92 Å². The number of hydrogen-bond acceptors (Lipinski definition) is 4. The number of benzene rings is 1. The molecule has 6 nitrogen and oxygen atoms in total. The zero-order valence-electron chi connectivity index (χ0n) is 11.4. The van der Waals surface area contributed by atoms with Gasteiger partial charge in [0.25, 0.3) is 5.91 Å². The number of amides is 1. The van der Waals surface area contributed by atoms with Gasteiger partial charge in [0.1, 0.15) is 18.5 Å². The van der Waals surface area contributed by atoms with Crippen molar-refractivity contribution >= 4 is 11.7 Å². The minimum absolute atomic E-state index is 0.193. The van der Waals surface area contributed by atoms with E-state index in [1.807, 2.05) is 31.2 Å². The Morgan fingerprint density at radius 2 is 2.00 bits per heavy atom. The highest BCUT2D eigenvalue weighted by atomic mass is 16.1. The maximum absolute atomic E-state index is 12.2. The highest BCUT2D eigenvalue weighted by molar-refractivity contribution is 6.04. The molecule has 0 aliphatic heterocycles. The second-order valence-corrected chi connectivity index (χ2v) is 4.51. The number of aryl methyl sites for hydroxylation is 1. The second-order valence-electron chi connectivity index (χ2n) is 4.51. The fourth-order valence-corrected chi connectivity index (χ4v) is 1.90. The Morgan fingerprint density at radius 3 is 2.67 bits per heavy atom. The van der Waals surface area contributed by atoms with Gasteiger partial charge in [-0.3, -0.25) is 4.79 Å². The van der Waals surface area contributed by atoms with E-state index in [9.17, 15) is 4.79 Å². The third-order valence-electron chi connectivity index (χ3n) is 3.05. The number of carbonyl (C=O) groups is 1. The summed E-state index contributed by atoms with van der Waals surface area (Å²) in [5, 5.41) is 6.83. The van der Waals surface area contributed by atoms with E-state index < -0.39 is 0 Å². The fraction of sp³-hybridized carbons (Fsp3) is 0.0667. The molecule has 104 valence electrons. The summed E-state index contributed by atoms with van der Waals surface area (Å²) in [5.74, 6) is 0.379. The van der Waals surface area contributed by atoms with Crippen molar-refractivity contribution < 1.29 is 4.79 Å². The third-order valence-corrected chi connectivity index (χ3v) is 3.05. The van der Waals surface area contributed by atoms with Crippen LogP contribution in [0.2, 0.25) is 0 Å². The van der Waals surface area contributed by atoms with Crippen LogP contribution in [0.25, 0.3) is 5.69 Å². The quantitative estimate of drug-likeness (QED) is 0.798. The zero-order chi connectivity index (χ0) is 14.7. The van der Waals surface area contributed by atoms with Crippen LogP contribution in [0.3, 0.4) is 0 Å². The molecule has 21 heavy (non-hydrogen) atoms. The number of nitrogens with one attached hydrogen (secondary N) is 1. The van der Waals surface area contributed by atoms with Crippen LogP contribution < -0.4 is 5.32 Å². The molecule has 2 heterocycles. The predicted molar refractivity (Wildman–Crippen MR) is 78.3 cm³/mol. The van der Waals surface area contributed by atoms with E-state index in [-0.39, 0.29) is 5.91 Å². The summed E-state index contributed by atoms with van der Waals surface area (Å²) in [4.78, 5) is 20.2. The summed E-state index contributed by atoms with van der Waals surface area (Å²) < 4.78 is 1.63. The summed E-state index contributed by atoms with van der Waals surface area (Å²) in [6, 6.07) is 10.8. The molecule has 0 spiro atoms. The molecule has 2 aromatic heterocycles. The Labute approximate surface area is 121 Å². The van der Waals surface area contributed by atoms with Gasteiger partial charge < -0.3 is 5.32 Å². The first kappa shape index (κ1) is 13.0. The van der Waals surface area contributed by atoms with Crippen molar-refractivity contribution in [2.24, 2.45) is 0 Å². The number of aromatic nitrogens is 4. The Kier molecular flexibility index (Phi) is 3.42. The lowest BCUT2D eigenvalue weighted by atomic mass is 10.2. The van der Waals surface area contributed by atoms with Crippen LogP contribution in [0.1, 0.15) is 15.9 Å². The summed E-state index contributed by atoms with van der Waals surface area (Å²) in [5.41, 5.74) is 2.33. The Balaban J connectivity index is 1.78. The van der Waals surface area contributed by atoms with Gasteiger partial charge in [0.15, 0.2) is 0 Å². The van der Waals surface area contributed by atoms with Crippen molar-refractivity contribution in [2.45, 2.75) is 6.92 Å². The summed E-state index contributed by atoms with van der Waals surface area (Å²) in [7, 11) is 0. The van der Waals surface area contributed by atoms with E-state index in [2.05, 4.69) is 20.4 Å². The molecule has 0 unspecified atom stereocenters. The van der Waals surface area contributed by atoms with E-state index in [0.717, 1.165) is 11.3 Å². The number of rotatable bonds is 3. The molecule has 0 fully saturated rings. The average molecular weight is 279 g/mol. The summed E-state index contributed by atoms with van der Waals surface area (Å²) in [6.07, 6.45) is 4.72. The van der Waals surface area contributed by atoms with Gasteiger partial charge in [-0.1, -0.05) is 6.07 Å². The highest BCUT2D eigenvalue weighted by Crippen LogP contribution is 2.13. The molecule has 3 aromatic rings. The van der Waals surface area contributed by atoms with Gasteiger partial charge >= 0.3 is 0 Å². The first-order valence-corrected chi connectivity index (χ1v) is 6.42. The highest BCUT2D eigenvalue weighted by Gasteiger charge is 2.08. The van der Waals surface area contributed by atoms with Gasteiger partial charge in [0.2, 0.25) is 0 Å². The molecule has 6 heteroatoms. The van der Waals surface area contributed by atoms with E-state index in [0.29, 0.717) is 11.4 Å². The molecule has 0 saturated carbocycles. The van der Waals surface area contributed by atoms with E-state index in [4.69, 9.17) is 0 Å². The lowest BCUT2D eigenvalue weighted by Crippen LogP contribution is -2.13. The van der Waals surface area contributed by atoms with Gasteiger partial charge in [-0.05, 0) is 42.8 Å². The zero-order valence-corrected chi connectivity index (χ0v) is 11.4. The molecular formula is C15H13N5O. The lowest BCUT2D eigenvalue weighted by molar-refractivity contribution is 0.102. The van der Waals surface area contributed by atoms with Gasteiger partial charge in [-0.2, -0.15) is 5.10 Å². The topological polar surface area (TPSA) is 72.7 Å². The molecule has 0 bridgehead atoms. The molecule has 1 amide bonds. The van der Waals surface area contributed by atoms with Crippen molar-refractivity contribution in [3.63, 3.8) is 0 Å². The predicted octanol–water partition coefficient (Wildman–Crippen LogP) is 2.22. The molecule has 3 rings (SSSR count). The van der Waals surface area contributed by atoms with E-state index in [1.54, 1.807) is 29.3 Å². The number of nitrogens with zero attached hydrogens (tertiary/aromatic N) is 4. The number of carbonyl (C=O) groups excluding carboxylic acids is 1. The third kappa shape index (κ3) is 2.79. The number of pyridine rings is 1. The van der Waals surface area contributed by atoms with E-state index >= 15 is 0 Å². The second kappa shape index (κ2) is 5.54. The molecule has 0 saturated heterocycles. The Hall–Kier alpha value is -3.02. The first-order chi connectivity index (χ1) is 10.2. The van der Waals surface area contributed by atoms with Crippen LogP contribution in [-0.4, -0.2) is 25.7 Å². The van der Waals surface area contributed by atoms with Gasteiger partial charge in [0, 0.05) is 11.8 Å². The average Bonchev–Trinajstić information content (AvgIpc) is 3.04. The largest absolute Gasteiger partial charge is 0.306 e. The number of hydrogen-bond donors (Lipinski definition) is 1. The molecule has 0 aliphatic rings. The fourth-order valence-electron chi connectivity index (χ4n) is 1.90. The van der Waals surface area contributed by atoms with E-state index in [1.165, 1.54) is 6.33 Å².